The summed E-state index contributed by atoms with van der Waals surface area (Å²) in [6.07, 6.45) is 0.861. The molecule has 0 bridgehead atoms. The summed E-state index contributed by atoms with van der Waals surface area (Å²) < 4.78 is 0. The number of quaternary nitrogens is 1. The number of rotatable bonds is 7. The molecule has 0 aliphatic carbocycles. The first-order valence-electron chi connectivity index (χ1n) is 7.50. The predicted octanol–water partition coefficient (Wildman–Crippen LogP) is 1.71. The molecule has 2 N–H and O–H groups in total. The van der Waals surface area contributed by atoms with Gasteiger partial charge < -0.3 is 10.2 Å². The van der Waals surface area contributed by atoms with Crippen LogP contribution >= 0.6 is 11.6 Å². The van der Waals surface area contributed by atoms with Crippen LogP contribution in [-0.4, -0.2) is 26.0 Å². The minimum atomic E-state index is 0.0791. The smallest absolute Gasteiger partial charge is 0.275 e. The van der Waals surface area contributed by atoms with Gasteiger partial charge in [0.25, 0.3) is 5.91 Å². The van der Waals surface area contributed by atoms with Gasteiger partial charge in [0.15, 0.2) is 6.54 Å². The van der Waals surface area contributed by atoms with E-state index in [2.05, 4.69) is 17.4 Å². The van der Waals surface area contributed by atoms with Gasteiger partial charge in [-0.2, -0.15) is 0 Å². The van der Waals surface area contributed by atoms with Crippen LogP contribution < -0.4 is 10.2 Å². The van der Waals surface area contributed by atoms with Gasteiger partial charge in [0.2, 0.25) is 0 Å². The molecule has 22 heavy (non-hydrogen) atoms. The van der Waals surface area contributed by atoms with E-state index in [1.807, 2.05) is 49.5 Å². The van der Waals surface area contributed by atoms with Crippen LogP contribution in [0.25, 0.3) is 0 Å². The number of benzene rings is 2. The van der Waals surface area contributed by atoms with Crippen molar-refractivity contribution in [2.24, 2.45) is 0 Å². The molecule has 2 aromatic rings. The Labute approximate surface area is 136 Å². The van der Waals surface area contributed by atoms with E-state index in [0.717, 1.165) is 28.5 Å². The van der Waals surface area contributed by atoms with E-state index < -0.39 is 0 Å². The van der Waals surface area contributed by atoms with Gasteiger partial charge in [-0.15, -0.1) is 0 Å². The van der Waals surface area contributed by atoms with Gasteiger partial charge >= 0.3 is 0 Å². The van der Waals surface area contributed by atoms with Crippen LogP contribution in [0.1, 0.15) is 11.1 Å². The van der Waals surface area contributed by atoms with Crippen molar-refractivity contribution in [3.05, 3.63) is 70.7 Å². The zero-order valence-corrected chi connectivity index (χ0v) is 13.6. The fraction of sp³-hybridized carbons (Fsp3) is 0.278. The van der Waals surface area contributed by atoms with E-state index in [1.165, 1.54) is 5.56 Å². The summed E-state index contributed by atoms with van der Waals surface area (Å²) in [4.78, 5) is 13.1. The molecule has 1 amide bonds. The Morgan fingerprint density at radius 2 is 1.82 bits per heavy atom. The third-order valence-electron chi connectivity index (χ3n) is 3.44. The Kier molecular flexibility index (Phi) is 6.44. The molecule has 2 aromatic carbocycles. The summed E-state index contributed by atoms with van der Waals surface area (Å²) in [7, 11) is 2.01. The number of carbonyl (C=O) groups is 1. The Morgan fingerprint density at radius 3 is 2.55 bits per heavy atom. The van der Waals surface area contributed by atoms with Gasteiger partial charge in [-0.05, 0) is 24.1 Å². The van der Waals surface area contributed by atoms with Crippen molar-refractivity contribution in [3.8, 4) is 0 Å². The Bertz CT molecular complexity index is 601. The topological polar surface area (TPSA) is 33.5 Å². The van der Waals surface area contributed by atoms with Gasteiger partial charge in [-0.1, -0.05) is 54.1 Å². The summed E-state index contributed by atoms with van der Waals surface area (Å²) in [6.45, 7) is 1.92. The maximum Gasteiger partial charge on any atom is 0.275 e. The third-order valence-corrected chi connectivity index (χ3v) is 3.67. The van der Waals surface area contributed by atoms with Crippen LogP contribution in [0.2, 0.25) is 5.02 Å². The second-order valence-corrected chi connectivity index (χ2v) is 5.96. The van der Waals surface area contributed by atoms with Crippen LogP contribution in [0.15, 0.2) is 54.6 Å². The summed E-state index contributed by atoms with van der Waals surface area (Å²) >= 11 is 5.97. The molecule has 0 aliphatic heterocycles. The molecule has 2 rings (SSSR count). The molecule has 0 aromatic heterocycles. The largest absolute Gasteiger partial charge is 0.351 e. The first-order chi connectivity index (χ1) is 10.6. The van der Waals surface area contributed by atoms with Gasteiger partial charge in [-0.25, -0.2) is 0 Å². The summed E-state index contributed by atoms with van der Waals surface area (Å²) in [5.74, 6) is 0.0791. The zero-order valence-electron chi connectivity index (χ0n) is 12.8. The standard InChI is InChI=1S/C18H21ClN2O/c1-21(13-16-8-5-9-17(19)12-16)14-18(22)20-11-10-15-6-3-2-4-7-15/h2-9,12H,10-11,13-14H2,1H3,(H,20,22)/p+1. The Hall–Kier alpha value is -1.84. The molecule has 0 radical (unpaired) electrons. The van der Waals surface area contributed by atoms with Crippen LogP contribution in [0, 0.1) is 0 Å². The van der Waals surface area contributed by atoms with E-state index in [9.17, 15) is 4.79 Å². The van der Waals surface area contributed by atoms with Gasteiger partial charge in [0.05, 0.1) is 7.05 Å². The Morgan fingerprint density at radius 1 is 1.09 bits per heavy atom. The molecular weight excluding hydrogens is 296 g/mol. The maximum atomic E-state index is 11.9. The molecule has 3 nitrogen and oxygen atoms in total. The molecule has 116 valence electrons. The zero-order chi connectivity index (χ0) is 15.8. The first-order valence-corrected chi connectivity index (χ1v) is 7.87. The molecule has 1 unspecified atom stereocenters. The number of halogens is 1. The van der Waals surface area contributed by atoms with Crippen molar-refractivity contribution in [2.75, 3.05) is 20.1 Å². The summed E-state index contributed by atoms with van der Waals surface area (Å²) in [6, 6.07) is 17.9. The molecule has 4 heteroatoms. The van der Waals surface area contributed by atoms with Crippen molar-refractivity contribution in [1.82, 2.24) is 5.32 Å². The highest BCUT2D eigenvalue weighted by atomic mass is 35.5. The highest BCUT2D eigenvalue weighted by molar-refractivity contribution is 6.30. The number of amides is 1. The van der Waals surface area contributed by atoms with Crippen molar-refractivity contribution >= 4 is 17.5 Å². The lowest BCUT2D eigenvalue weighted by atomic mass is 10.1. The normalized spacial score (nSPS) is 11.9. The van der Waals surface area contributed by atoms with Crippen LogP contribution in [-0.2, 0) is 17.8 Å². The van der Waals surface area contributed by atoms with E-state index in [-0.39, 0.29) is 5.91 Å². The van der Waals surface area contributed by atoms with Crippen molar-refractivity contribution in [1.29, 1.82) is 0 Å². The molecule has 1 atom stereocenters. The summed E-state index contributed by atoms with van der Waals surface area (Å²) in [5, 5.41) is 3.71. The maximum absolute atomic E-state index is 11.9. The van der Waals surface area contributed by atoms with Crippen molar-refractivity contribution in [3.63, 3.8) is 0 Å². The average Bonchev–Trinajstić information content (AvgIpc) is 2.48. The SMILES string of the molecule is C[NH+](CC(=O)NCCc1ccccc1)Cc1cccc(Cl)c1. The monoisotopic (exact) mass is 317 g/mol. The second kappa shape index (κ2) is 8.57. The highest BCUT2D eigenvalue weighted by Gasteiger charge is 2.10. The third kappa shape index (κ3) is 5.88. The number of likely N-dealkylation sites (N-methyl/N-ethyl adjacent to an activating group) is 1. The molecule has 0 saturated heterocycles. The average molecular weight is 318 g/mol. The van der Waals surface area contributed by atoms with Gasteiger partial charge in [0.1, 0.15) is 6.54 Å². The molecule has 0 spiro atoms. The number of carbonyl (C=O) groups excluding carboxylic acids is 1. The lowest BCUT2D eigenvalue weighted by molar-refractivity contribution is -0.885. The van der Waals surface area contributed by atoms with Crippen LogP contribution in [0.5, 0.6) is 0 Å². The predicted molar refractivity (Wildman–Crippen MR) is 90.1 cm³/mol. The van der Waals surface area contributed by atoms with Crippen LogP contribution in [0.3, 0.4) is 0 Å². The number of hydrogen-bond donors (Lipinski definition) is 2. The van der Waals surface area contributed by atoms with Crippen molar-refractivity contribution in [2.45, 2.75) is 13.0 Å². The first kappa shape index (κ1) is 16.5. The van der Waals surface area contributed by atoms with Gasteiger partial charge in [-0.3, -0.25) is 4.79 Å². The summed E-state index contributed by atoms with van der Waals surface area (Å²) in [5.41, 5.74) is 2.38. The van der Waals surface area contributed by atoms with E-state index in [0.29, 0.717) is 13.1 Å². The fourth-order valence-corrected chi connectivity index (χ4v) is 2.60. The molecule has 0 aliphatic rings. The molecular formula is C18H22ClN2O+. The number of nitrogens with one attached hydrogen (secondary N) is 2. The molecule has 0 heterocycles. The van der Waals surface area contributed by atoms with E-state index in [1.54, 1.807) is 0 Å². The fourth-order valence-electron chi connectivity index (χ4n) is 2.39. The Balaban J connectivity index is 1.70. The molecule has 0 fully saturated rings. The molecule has 0 saturated carbocycles. The van der Waals surface area contributed by atoms with Crippen LogP contribution in [0.4, 0.5) is 0 Å². The van der Waals surface area contributed by atoms with Crippen molar-refractivity contribution < 1.29 is 9.69 Å². The highest BCUT2D eigenvalue weighted by Crippen LogP contribution is 2.09. The minimum absolute atomic E-state index is 0.0791. The minimum Gasteiger partial charge on any atom is -0.351 e. The lowest BCUT2D eigenvalue weighted by Crippen LogP contribution is -3.08. The second-order valence-electron chi connectivity index (χ2n) is 5.53. The number of hydrogen-bond acceptors (Lipinski definition) is 1. The lowest BCUT2D eigenvalue weighted by Gasteiger charge is -2.14. The van der Waals surface area contributed by atoms with E-state index >= 15 is 0 Å². The van der Waals surface area contributed by atoms with Gasteiger partial charge in [0, 0.05) is 17.1 Å². The van der Waals surface area contributed by atoms with E-state index in [4.69, 9.17) is 11.6 Å². The quantitative estimate of drug-likeness (QED) is 0.801.